The molecular weight excluding hydrogens is 431 g/mol. The molecule has 10 heteroatoms. The summed E-state index contributed by atoms with van der Waals surface area (Å²) in [5, 5.41) is 11.0. The molecule has 0 saturated heterocycles. The molecule has 0 amide bonds. The molecular formula is C21H28F3NO5Si. The van der Waals surface area contributed by atoms with Crippen LogP contribution in [0.4, 0.5) is 13.2 Å². The number of benzene rings is 1. The fraction of sp³-hybridized carbons (Fsp3) is 0.476. The minimum absolute atomic E-state index is 0.0663. The van der Waals surface area contributed by atoms with E-state index in [2.05, 4.69) is 19.6 Å². The molecule has 1 aromatic carbocycles. The summed E-state index contributed by atoms with van der Waals surface area (Å²) in [6, 6.07) is 5.22. The van der Waals surface area contributed by atoms with Gasteiger partial charge in [-0.15, -0.1) is 0 Å². The molecule has 0 aliphatic carbocycles. The summed E-state index contributed by atoms with van der Waals surface area (Å²) < 4.78 is 56.3. The van der Waals surface area contributed by atoms with Gasteiger partial charge >= 0.3 is 12.1 Å². The molecule has 0 aliphatic heterocycles. The van der Waals surface area contributed by atoms with Gasteiger partial charge in [0.2, 0.25) is 0 Å². The number of aliphatic hydroxyl groups excluding tert-OH is 1. The molecule has 0 aliphatic rings. The third-order valence-corrected chi connectivity index (χ3v) is 6.46. The van der Waals surface area contributed by atoms with Gasteiger partial charge in [-0.2, -0.15) is 13.2 Å². The van der Waals surface area contributed by atoms with Crippen LogP contribution in [0.5, 0.6) is 5.75 Å². The van der Waals surface area contributed by atoms with E-state index < -0.39 is 31.9 Å². The van der Waals surface area contributed by atoms with E-state index in [0.717, 1.165) is 24.2 Å². The Labute approximate surface area is 180 Å². The number of methoxy groups -OCH3 is 2. The lowest BCUT2D eigenvalue weighted by molar-refractivity contribution is -0.137. The molecule has 0 spiro atoms. The van der Waals surface area contributed by atoms with E-state index in [-0.39, 0.29) is 29.3 Å². The highest BCUT2D eigenvalue weighted by molar-refractivity contribution is 6.76. The topological polar surface area (TPSA) is 69.9 Å². The highest BCUT2D eigenvalue weighted by Gasteiger charge is 2.33. The van der Waals surface area contributed by atoms with Crippen LogP contribution in [-0.4, -0.2) is 44.5 Å². The number of halogens is 3. The minimum Gasteiger partial charge on any atom is -0.496 e. The standard InChI is InChI=1S/C21H28F3NO5Si/c1-28-17-12-14(21(22,23)24)6-7-15(17)19(26)18-16(20(27)29-2)8-9-25(18)13-30-10-11-31(3,4)5/h6-9,12,19,26H,10-11,13H2,1-5H3. The number of alkyl halides is 3. The molecule has 1 aromatic heterocycles. The highest BCUT2D eigenvalue weighted by atomic mass is 28.3. The van der Waals surface area contributed by atoms with Crippen LogP contribution in [0.25, 0.3) is 0 Å². The molecule has 1 heterocycles. The van der Waals surface area contributed by atoms with Crippen molar-refractivity contribution < 1.29 is 37.3 Å². The minimum atomic E-state index is -4.56. The monoisotopic (exact) mass is 459 g/mol. The Morgan fingerprint density at radius 2 is 1.87 bits per heavy atom. The summed E-state index contributed by atoms with van der Waals surface area (Å²) in [4.78, 5) is 12.2. The summed E-state index contributed by atoms with van der Waals surface area (Å²) >= 11 is 0. The van der Waals surface area contributed by atoms with Crippen molar-refractivity contribution in [2.24, 2.45) is 0 Å². The smallest absolute Gasteiger partial charge is 0.416 e. The Hall–Kier alpha value is -2.30. The second-order valence-corrected chi connectivity index (χ2v) is 13.9. The van der Waals surface area contributed by atoms with Crippen molar-refractivity contribution >= 4 is 14.0 Å². The Kier molecular flexibility index (Phi) is 7.96. The van der Waals surface area contributed by atoms with Crippen molar-refractivity contribution in [3.05, 3.63) is 52.8 Å². The van der Waals surface area contributed by atoms with Crippen LogP contribution in [0.1, 0.15) is 33.3 Å². The van der Waals surface area contributed by atoms with Gasteiger partial charge in [0, 0.05) is 26.4 Å². The number of carbonyl (C=O) groups excluding carboxylic acids is 1. The lowest BCUT2D eigenvalue weighted by atomic mass is 10.0. The van der Waals surface area contributed by atoms with Crippen LogP contribution in [0.3, 0.4) is 0 Å². The average Bonchev–Trinajstić information content (AvgIpc) is 3.12. The van der Waals surface area contributed by atoms with Gasteiger partial charge in [-0.3, -0.25) is 0 Å². The second-order valence-electron chi connectivity index (χ2n) is 8.28. The van der Waals surface area contributed by atoms with E-state index in [0.29, 0.717) is 6.61 Å². The van der Waals surface area contributed by atoms with Gasteiger partial charge in [0.25, 0.3) is 0 Å². The van der Waals surface area contributed by atoms with Crippen LogP contribution in [0.15, 0.2) is 30.5 Å². The predicted octanol–water partition coefficient (Wildman–Crippen LogP) is 4.70. The van der Waals surface area contributed by atoms with Gasteiger partial charge in [0.15, 0.2) is 0 Å². The number of aromatic nitrogens is 1. The molecule has 1 N–H and O–H groups in total. The number of hydrogen-bond acceptors (Lipinski definition) is 5. The quantitative estimate of drug-likeness (QED) is 0.335. The average molecular weight is 460 g/mol. The summed E-state index contributed by atoms with van der Waals surface area (Å²) in [6.45, 7) is 7.23. The number of aliphatic hydroxyl groups is 1. The van der Waals surface area contributed by atoms with Gasteiger partial charge in [-0.05, 0) is 24.2 Å². The van der Waals surface area contributed by atoms with Crippen LogP contribution in [-0.2, 0) is 22.4 Å². The first kappa shape index (κ1) is 25.0. The number of carbonyl (C=O) groups is 1. The van der Waals surface area contributed by atoms with Gasteiger partial charge in [0.1, 0.15) is 18.6 Å². The third kappa shape index (κ3) is 6.34. The predicted molar refractivity (Wildman–Crippen MR) is 112 cm³/mol. The zero-order chi connectivity index (χ0) is 23.4. The van der Waals surface area contributed by atoms with Gasteiger partial charge in [-0.1, -0.05) is 25.7 Å². The second kappa shape index (κ2) is 9.88. The first-order valence-electron chi connectivity index (χ1n) is 9.67. The highest BCUT2D eigenvalue weighted by Crippen LogP contribution is 2.37. The van der Waals surface area contributed by atoms with E-state index in [1.165, 1.54) is 24.9 Å². The Balaban J connectivity index is 2.40. The molecule has 0 radical (unpaired) electrons. The lowest BCUT2D eigenvalue weighted by Crippen LogP contribution is -2.22. The van der Waals surface area contributed by atoms with Crippen molar-refractivity contribution in [2.75, 3.05) is 20.8 Å². The molecule has 1 unspecified atom stereocenters. The van der Waals surface area contributed by atoms with Crippen molar-refractivity contribution in [3.8, 4) is 5.75 Å². The summed E-state index contributed by atoms with van der Waals surface area (Å²) in [6.07, 6.45) is -4.43. The van der Waals surface area contributed by atoms with Crippen LogP contribution < -0.4 is 4.74 Å². The van der Waals surface area contributed by atoms with E-state index >= 15 is 0 Å². The number of rotatable bonds is 9. The van der Waals surface area contributed by atoms with E-state index in [1.54, 1.807) is 6.20 Å². The molecule has 0 bridgehead atoms. The number of esters is 1. The third-order valence-electron chi connectivity index (χ3n) is 4.75. The molecule has 0 fully saturated rings. The molecule has 172 valence electrons. The number of nitrogens with zero attached hydrogens (tertiary/aromatic N) is 1. The number of ether oxygens (including phenoxy) is 3. The first-order valence-corrected chi connectivity index (χ1v) is 13.4. The SMILES string of the molecule is COC(=O)c1ccn(COCC[Si](C)(C)C)c1C(O)c1ccc(C(F)(F)F)cc1OC. The normalized spacial score (nSPS) is 13.2. The summed E-state index contributed by atoms with van der Waals surface area (Å²) in [7, 11) is 1.12. The lowest BCUT2D eigenvalue weighted by Gasteiger charge is -2.21. The fourth-order valence-corrected chi connectivity index (χ4v) is 3.74. The first-order chi connectivity index (χ1) is 14.4. The Bertz CT molecular complexity index is 905. The van der Waals surface area contributed by atoms with E-state index in [9.17, 15) is 23.1 Å². The van der Waals surface area contributed by atoms with E-state index in [1.807, 2.05) is 0 Å². The van der Waals surface area contributed by atoms with Gasteiger partial charge in [0.05, 0.1) is 31.0 Å². The zero-order valence-corrected chi connectivity index (χ0v) is 19.2. The molecule has 1 atom stereocenters. The molecule has 6 nitrogen and oxygen atoms in total. The van der Waals surface area contributed by atoms with Crippen molar-refractivity contribution in [1.29, 1.82) is 0 Å². The number of hydrogen-bond donors (Lipinski definition) is 1. The van der Waals surface area contributed by atoms with Crippen molar-refractivity contribution in [3.63, 3.8) is 0 Å². The van der Waals surface area contributed by atoms with Crippen molar-refractivity contribution in [2.45, 2.75) is 44.7 Å². The Morgan fingerprint density at radius 3 is 2.42 bits per heavy atom. The van der Waals surface area contributed by atoms with Gasteiger partial charge in [-0.25, -0.2) is 4.79 Å². The zero-order valence-electron chi connectivity index (χ0n) is 18.2. The maximum Gasteiger partial charge on any atom is 0.416 e. The van der Waals surface area contributed by atoms with Crippen LogP contribution in [0, 0.1) is 0 Å². The van der Waals surface area contributed by atoms with Crippen LogP contribution in [0.2, 0.25) is 25.7 Å². The maximum absolute atomic E-state index is 13.0. The van der Waals surface area contributed by atoms with Crippen LogP contribution >= 0.6 is 0 Å². The molecule has 2 aromatic rings. The van der Waals surface area contributed by atoms with Crippen molar-refractivity contribution in [1.82, 2.24) is 4.57 Å². The summed E-state index contributed by atoms with van der Waals surface area (Å²) in [5.41, 5.74) is -0.579. The Morgan fingerprint density at radius 1 is 1.19 bits per heavy atom. The maximum atomic E-state index is 13.0. The fourth-order valence-electron chi connectivity index (χ4n) is 2.99. The molecule has 0 saturated carbocycles. The largest absolute Gasteiger partial charge is 0.496 e. The van der Waals surface area contributed by atoms with Gasteiger partial charge < -0.3 is 23.9 Å². The molecule has 31 heavy (non-hydrogen) atoms. The summed E-state index contributed by atoms with van der Waals surface area (Å²) in [5.74, 6) is -0.827. The van der Waals surface area contributed by atoms with E-state index in [4.69, 9.17) is 14.2 Å². The molecule has 2 rings (SSSR count).